The van der Waals surface area contributed by atoms with E-state index < -0.39 is 0 Å². The van der Waals surface area contributed by atoms with E-state index in [-0.39, 0.29) is 0 Å². The molecule has 0 radical (unpaired) electrons. The second kappa shape index (κ2) is 25.3. The van der Waals surface area contributed by atoms with E-state index in [1.54, 1.807) is 0 Å². The van der Waals surface area contributed by atoms with Crippen LogP contribution in [0.1, 0.15) is 0 Å². The van der Waals surface area contributed by atoms with Crippen molar-refractivity contribution in [2.75, 3.05) is 9.80 Å². The minimum absolute atomic E-state index is 0.834. The van der Waals surface area contributed by atoms with Crippen molar-refractivity contribution >= 4 is 132 Å². The van der Waals surface area contributed by atoms with Crippen molar-refractivity contribution in [1.29, 1.82) is 0 Å². The fourth-order valence-corrected chi connectivity index (χ4v) is 16.6. The summed E-state index contributed by atoms with van der Waals surface area (Å²) < 4.78 is 20.1. The molecule has 0 spiro atoms. The summed E-state index contributed by atoms with van der Waals surface area (Å²) in [6, 6.07) is 140. The maximum atomic E-state index is 7.06. The van der Waals surface area contributed by atoms with E-state index in [0.717, 1.165) is 167 Å². The molecule has 0 saturated carbocycles. The monoisotopic (exact) mass is 1360 g/mol. The average molecular weight is 1370 g/mol. The lowest BCUT2D eigenvalue weighted by atomic mass is 9.91. The molecule has 0 bridgehead atoms. The largest absolute Gasteiger partial charge is 0.455 e. The highest BCUT2D eigenvalue weighted by Gasteiger charge is 2.23. The Morgan fingerprint density at radius 3 is 0.907 bits per heavy atom. The van der Waals surface area contributed by atoms with E-state index in [2.05, 4.69) is 374 Å². The van der Waals surface area contributed by atoms with Gasteiger partial charge in [0.1, 0.15) is 33.5 Å². The van der Waals surface area contributed by atoms with Crippen LogP contribution in [-0.2, 0) is 0 Å². The lowest BCUT2D eigenvalue weighted by Crippen LogP contribution is -2.10. The van der Waals surface area contributed by atoms with E-state index in [1.165, 1.54) is 43.4 Å². The highest BCUT2D eigenvalue weighted by atomic mass is 16.3. The number of furan rings is 3. The molecule has 3 heterocycles. The fraction of sp³-hybridized carbons (Fsp3) is 0. The van der Waals surface area contributed by atoms with Crippen LogP contribution in [0.2, 0.25) is 0 Å². The van der Waals surface area contributed by atoms with Gasteiger partial charge in [-0.3, -0.25) is 0 Å². The Morgan fingerprint density at radius 1 is 0.150 bits per heavy atom. The van der Waals surface area contributed by atoms with E-state index in [4.69, 9.17) is 13.3 Å². The first-order valence-electron chi connectivity index (χ1n) is 36.5. The Labute approximate surface area is 617 Å². The van der Waals surface area contributed by atoms with Crippen LogP contribution in [0.4, 0.5) is 34.1 Å². The van der Waals surface area contributed by atoms with Gasteiger partial charge < -0.3 is 23.1 Å². The maximum absolute atomic E-state index is 7.06. The van der Waals surface area contributed by atoms with Crippen molar-refractivity contribution in [3.8, 4) is 77.9 Å². The molecule has 0 aliphatic heterocycles. The van der Waals surface area contributed by atoms with E-state index >= 15 is 0 Å². The standard InChI is InChI=1S/C102H64N2O3/c1-2-18-65(19-3-1)66-38-40-67(41-39-66)68-42-52-73(53-43-68)103(74-56-46-70(47-57-74)80-28-14-32-92-89-26-10-12-35-96(89)105-100(80)92)75-58-48-72(49-59-75)82-30-16-34-94-99-91(31-17-37-98(99)107-102(82)94)83-21-5-4-20-79(83)69-44-54-76(55-45-69)104(78-62-63-88-86-24-7-6-22-84(86)85-23-8-9-25-87(85)95(88)64-78)77-60-50-71(51-61-77)81-29-15-33-93-90-27-11-13-36-97(90)106-101(81)93/h1-64H. The molecule has 0 amide bonds. The topological polar surface area (TPSA) is 45.9 Å². The lowest BCUT2D eigenvalue weighted by Gasteiger charge is -2.27. The van der Waals surface area contributed by atoms with Crippen molar-refractivity contribution in [3.05, 3.63) is 388 Å². The highest BCUT2D eigenvalue weighted by molar-refractivity contribution is 6.26. The molecule has 0 N–H and O–H groups in total. The van der Waals surface area contributed by atoms with Gasteiger partial charge in [0.2, 0.25) is 0 Å². The van der Waals surface area contributed by atoms with Crippen molar-refractivity contribution in [3.63, 3.8) is 0 Å². The summed E-state index contributed by atoms with van der Waals surface area (Å²) in [5, 5.41) is 14.0. The quantitative estimate of drug-likeness (QED) is 0.108. The Kier molecular flexibility index (Phi) is 14.5. The van der Waals surface area contributed by atoms with E-state index in [1.807, 2.05) is 24.3 Å². The summed E-state index contributed by atoms with van der Waals surface area (Å²) in [7, 11) is 0. The van der Waals surface area contributed by atoms with Crippen LogP contribution in [-0.4, -0.2) is 0 Å². The Hall–Kier alpha value is -14.3. The number of rotatable bonds is 13. The number of hydrogen-bond donors (Lipinski definition) is 0. The molecule has 0 saturated heterocycles. The Morgan fingerprint density at radius 2 is 0.430 bits per heavy atom. The van der Waals surface area contributed by atoms with Gasteiger partial charge in [0.25, 0.3) is 0 Å². The molecule has 21 aromatic rings. The predicted octanol–water partition coefficient (Wildman–Crippen LogP) is 29.5. The molecular weight excluding hydrogens is 1300 g/mol. The van der Waals surface area contributed by atoms with Crippen LogP contribution < -0.4 is 9.80 Å². The molecule has 0 atom stereocenters. The average Bonchev–Trinajstić information content (AvgIpc) is 1.23. The molecular formula is C102H64N2O3. The zero-order chi connectivity index (χ0) is 70.5. The SMILES string of the molecule is c1ccc(-c2ccc(-c3ccc(N(c4ccc(-c5cccc6c5oc5ccccc56)cc4)c4ccc(-c5cccc6c5oc5cccc(-c7ccccc7-c7ccc(N(c8ccc(-c9cccc%10c9oc9ccccc9%10)cc8)c8ccc9c%10ccccc%10c%10ccccc%10c9c8)cc7)c56)cc4)cc3)cc2)cc1. The number of fused-ring (bicyclic) bond motifs is 15. The van der Waals surface area contributed by atoms with Gasteiger partial charge in [-0.05, 0) is 185 Å². The molecule has 0 aliphatic carbocycles. The molecule has 21 rings (SSSR count). The van der Waals surface area contributed by atoms with Gasteiger partial charge in [0, 0.05) is 83.1 Å². The first-order chi connectivity index (χ1) is 53.0. The van der Waals surface area contributed by atoms with Gasteiger partial charge in [-0.1, -0.05) is 297 Å². The molecule has 500 valence electrons. The number of anilines is 6. The summed E-state index contributed by atoms with van der Waals surface area (Å²) >= 11 is 0. The molecule has 18 aromatic carbocycles. The molecule has 0 aliphatic rings. The number of nitrogens with zero attached hydrogens (tertiary/aromatic N) is 2. The Bertz CT molecular complexity index is 6980. The third-order valence-electron chi connectivity index (χ3n) is 21.7. The minimum atomic E-state index is 0.834. The Balaban J connectivity index is 0.625. The maximum Gasteiger partial charge on any atom is 0.143 e. The van der Waals surface area contributed by atoms with Crippen molar-refractivity contribution in [2.45, 2.75) is 0 Å². The smallest absolute Gasteiger partial charge is 0.143 e. The second-order valence-electron chi connectivity index (χ2n) is 27.7. The zero-order valence-corrected chi connectivity index (χ0v) is 58.1. The number of hydrogen-bond acceptors (Lipinski definition) is 5. The molecule has 107 heavy (non-hydrogen) atoms. The first kappa shape index (κ1) is 61.4. The lowest BCUT2D eigenvalue weighted by molar-refractivity contribution is 0.669. The van der Waals surface area contributed by atoms with Crippen molar-refractivity contribution in [2.24, 2.45) is 0 Å². The second-order valence-corrected chi connectivity index (χ2v) is 27.7. The third-order valence-corrected chi connectivity index (χ3v) is 21.7. The van der Waals surface area contributed by atoms with E-state index in [0.29, 0.717) is 0 Å². The van der Waals surface area contributed by atoms with Crippen molar-refractivity contribution in [1.82, 2.24) is 0 Å². The molecule has 3 aromatic heterocycles. The van der Waals surface area contributed by atoms with Crippen LogP contribution in [0, 0.1) is 0 Å². The van der Waals surface area contributed by atoms with Crippen LogP contribution in [0.15, 0.2) is 401 Å². The van der Waals surface area contributed by atoms with Crippen molar-refractivity contribution < 1.29 is 13.3 Å². The molecule has 5 nitrogen and oxygen atoms in total. The highest BCUT2D eigenvalue weighted by Crippen LogP contribution is 2.48. The van der Waals surface area contributed by atoms with Gasteiger partial charge in [-0.15, -0.1) is 0 Å². The summed E-state index contributed by atoms with van der Waals surface area (Å²) in [6.07, 6.45) is 0. The van der Waals surface area contributed by atoms with Crippen LogP contribution in [0.5, 0.6) is 0 Å². The van der Waals surface area contributed by atoms with Gasteiger partial charge in [0.05, 0.1) is 0 Å². The zero-order valence-electron chi connectivity index (χ0n) is 58.1. The van der Waals surface area contributed by atoms with Gasteiger partial charge in [-0.25, -0.2) is 0 Å². The number of para-hydroxylation sites is 5. The van der Waals surface area contributed by atoms with E-state index in [9.17, 15) is 0 Å². The predicted molar refractivity (Wildman–Crippen MR) is 448 cm³/mol. The van der Waals surface area contributed by atoms with Crippen LogP contribution in [0.3, 0.4) is 0 Å². The summed E-state index contributed by atoms with van der Waals surface area (Å²) in [5.41, 5.74) is 27.0. The molecule has 5 heteroatoms. The summed E-state index contributed by atoms with van der Waals surface area (Å²) in [5.74, 6) is 0. The normalized spacial score (nSPS) is 11.7. The van der Waals surface area contributed by atoms with Gasteiger partial charge >= 0.3 is 0 Å². The molecule has 0 fully saturated rings. The fourth-order valence-electron chi connectivity index (χ4n) is 16.6. The van der Waals surface area contributed by atoms with Crippen LogP contribution >= 0.6 is 0 Å². The molecule has 0 unspecified atom stereocenters. The number of benzene rings is 18. The third kappa shape index (κ3) is 10.5. The summed E-state index contributed by atoms with van der Waals surface area (Å²) in [4.78, 5) is 4.73. The van der Waals surface area contributed by atoms with Crippen LogP contribution in [0.25, 0.3) is 176 Å². The minimum Gasteiger partial charge on any atom is -0.455 e. The van der Waals surface area contributed by atoms with Gasteiger partial charge in [-0.2, -0.15) is 0 Å². The summed E-state index contributed by atoms with van der Waals surface area (Å²) in [6.45, 7) is 0. The first-order valence-corrected chi connectivity index (χ1v) is 36.5. The van der Waals surface area contributed by atoms with Gasteiger partial charge in [0.15, 0.2) is 0 Å².